The molecule has 0 aliphatic heterocycles. The molecule has 0 bridgehead atoms. The van der Waals surface area contributed by atoms with E-state index in [0.717, 1.165) is 18.4 Å². The summed E-state index contributed by atoms with van der Waals surface area (Å²) < 4.78 is 5.52. The summed E-state index contributed by atoms with van der Waals surface area (Å²) in [5.74, 6) is 0.272. The summed E-state index contributed by atoms with van der Waals surface area (Å²) in [4.78, 5) is 24.1. The average molecular weight is 340 g/mol. The van der Waals surface area contributed by atoms with Gasteiger partial charge >= 0.3 is 0 Å². The number of hydrogen-bond acceptors (Lipinski definition) is 3. The molecule has 5 heteroatoms. The maximum absolute atomic E-state index is 12.1. The molecule has 5 nitrogen and oxygen atoms in total. The molecule has 2 aromatic rings. The Bertz CT molecular complexity index is 728. The molecule has 0 saturated heterocycles. The zero-order valence-electron chi connectivity index (χ0n) is 14.7. The fourth-order valence-electron chi connectivity index (χ4n) is 2.28. The number of amides is 2. The maximum atomic E-state index is 12.1. The summed E-state index contributed by atoms with van der Waals surface area (Å²) in [5, 5.41) is 5.61. The second-order valence-corrected chi connectivity index (χ2v) is 5.79. The topological polar surface area (TPSA) is 67.4 Å². The predicted molar refractivity (Wildman–Crippen MR) is 99.0 cm³/mol. The molecule has 0 aromatic heterocycles. The summed E-state index contributed by atoms with van der Waals surface area (Å²) in [5.41, 5.74) is 2.07. The molecule has 132 valence electrons. The van der Waals surface area contributed by atoms with Gasteiger partial charge in [-0.2, -0.15) is 0 Å². The summed E-state index contributed by atoms with van der Waals surface area (Å²) in [6, 6.07) is 14.4. The van der Waals surface area contributed by atoms with Crippen molar-refractivity contribution in [1.82, 2.24) is 5.32 Å². The normalized spacial score (nSPS) is 10.2. The van der Waals surface area contributed by atoms with Crippen LogP contribution in [-0.4, -0.2) is 25.0 Å². The van der Waals surface area contributed by atoms with Gasteiger partial charge in [0.05, 0.1) is 0 Å². The van der Waals surface area contributed by atoms with Crippen LogP contribution in [0, 0.1) is 6.92 Å². The van der Waals surface area contributed by atoms with Gasteiger partial charge in [-0.15, -0.1) is 0 Å². The van der Waals surface area contributed by atoms with Gasteiger partial charge in [-0.1, -0.05) is 37.6 Å². The van der Waals surface area contributed by atoms with Gasteiger partial charge in [0.1, 0.15) is 5.75 Å². The van der Waals surface area contributed by atoms with E-state index >= 15 is 0 Å². The lowest BCUT2D eigenvalue weighted by Crippen LogP contribution is -2.25. The highest BCUT2D eigenvalue weighted by Gasteiger charge is 2.08. The standard InChI is InChI=1S/C20H24N2O3/c1-3-4-12-21-20(24)16-9-7-10-17(13-16)22-19(23)14-25-18-11-6-5-8-15(18)2/h5-11,13H,3-4,12,14H2,1-2H3,(H,21,24)(H,22,23). The molecule has 0 radical (unpaired) electrons. The molecule has 2 rings (SSSR count). The third-order valence-electron chi connectivity index (χ3n) is 3.68. The minimum atomic E-state index is -0.271. The first-order valence-electron chi connectivity index (χ1n) is 8.46. The number of carbonyl (C=O) groups excluding carboxylic acids is 2. The van der Waals surface area contributed by atoms with Crippen LogP contribution in [0.25, 0.3) is 0 Å². The van der Waals surface area contributed by atoms with E-state index in [4.69, 9.17) is 4.74 Å². The van der Waals surface area contributed by atoms with Crippen molar-refractivity contribution in [3.63, 3.8) is 0 Å². The molecule has 2 aromatic carbocycles. The van der Waals surface area contributed by atoms with Crippen molar-refractivity contribution >= 4 is 17.5 Å². The van der Waals surface area contributed by atoms with Crippen LogP contribution in [0.4, 0.5) is 5.69 Å². The lowest BCUT2D eigenvalue weighted by atomic mass is 10.2. The van der Waals surface area contributed by atoms with Crippen LogP contribution >= 0.6 is 0 Å². The van der Waals surface area contributed by atoms with Gasteiger partial charge in [0.25, 0.3) is 11.8 Å². The number of nitrogens with one attached hydrogen (secondary N) is 2. The van der Waals surface area contributed by atoms with Crippen molar-refractivity contribution in [2.75, 3.05) is 18.5 Å². The van der Waals surface area contributed by atoms with Crippen LogP contribution in [0.2, 0.25) is 0 Å². The van der Waals surface area contributed by atoms with Crippen LogP contribution in [0.1, 0.15) is 35.7 Å². The predicted octanol–water partition coefficient (Wildman–Crippen LogP) is 3.54. The fourth-order valence-corrected chi connectivity index (χ4v) is 2.28. The first-order valence-corrected chi connectivity index (χ1v) is 8.46. The van der Waals surface area contributed by atoms with E-state index in [1.54, 1.807) is 24.3 Å². The number of ether oxygens (including phenoxy) is 1. The first kappa shape index (κ1) is 18.5. The Morgan fingerprint density at radius 2 is 1.88 bits per heavy atom. The highest BCUT2D eigenvalue weighted by molar-refractivity contribution is 5.97. The minimum absolute atomic E-state index is 0.0855. The van der Waals surface area contributed by atoms with Crippen molar-refractivity contribution < 1.29 is 14.3 Å². The van der Waals surface area contributed by atoms with Crippen molar-refractivity contribution in [2.24, 2.45) is 0 Å². The van der Waals surface area contributed by atoms with Crippen LogP contribution in [-0.2, 0) is 4.79 Å². The Labute approximate surface area is 148 Å². The molecule has 0 aliphatic rings. The smallest absolute Gasteiger partial charge is 0.262 e. The molecular weight excluding hydrogens is 316 g/mol. The van der Waals surface area contributed by atoms with Crippen molar-refractivity contribution in [3.8, 4) is 5.75 Å². The lowest BCUT2D eigenvalue weighted by Gasteiger charge is -2.10. The first-order chi connectivity index (χ1) is 12.1. The lowest BCUT2D eigenvalue weighted by molar-refractivity contribution is -0.118. The van der Waals surface area contributed by atoms with Crippen molar-refractivity contribution in [3.05, 3.63) is 59.7 Å². The second-order valence-electron chi connectivity index (χ2n) is 5.79. The number of para-hydroxylation sites is 1. The second kappa shape index (κ2) is 9.47. The van der Waals surface area contributed by atoms with Crippen LogP contribution in [0.5, 0.6) is 5.75 Å². The number of hydrogen-bond donors (Lipinski definition) is 2. The van der Waals surface area contributed by atoms with E-state index in [1.807, 2.05) is 31.2 Å². The highest BCUT2D eigenvalue weighted by Crippen LogP contribution is 2.16. The molecular formula is C20H24N2O3. The molecule has 0 heterocycles. The molecule has 2 amide bonds. The number of unbranched alkanes of at least 4 members (excludes halogenated alkanes) is 1. The number of carbonyl (C=O) groups is 2. The number of aryl methyl sites for hydroxylation is 1. The minimum Gasteiger partial charge on any atom is -0.483 e. The highest BCUT2D eigenvalue weighted by atomic mass is 16.5. The maximum Gasteiger partial charge on any atom is 0.262 e. The van der Waals surface area contributed by atoms with Gasteiger partial charge < -0.3 is 15.4 Å². The Hall–Kier alpha value is -2.82. The van der Waals surface area contributed by atoms with Crippen LogP contribution < -0.4 is 15.4 Å². The van der Waals surface area contributed by atoms with Gasteiger partial charge in [-0.05, 0) is 43.2 Å². The Kier molecular flexibility index (Phi) is 7.01. The van der Waals surface area contributed by atoms with E-state index in [0.29, 0.717) is 23.5 Å². The summed E-state index contributed by atoms with van der Waals surface area (Å²) in [6.45, 7) is 4.56. The Morgan fingerprint density at radius 3 is 2.64 bits per heavy atom. The molecule has 0 fully saturated rings. The summed E-state index contributed by atoms with van der Waals surface area (Å²) >= 11 is 0. The van der Waals surface area contributed by atoms with Gasteiger partial charge in [0.15, 0.2) is 6.61 Å². The zero-order valence-corrected chi connectivity index (χ0v) is 14.7. The average Bonchev–Trinajstić information content (AvgIpc) is 2.61. The van der Waals surface area contributed by atoms with Gasteiger partial charge in [0, 0.05) is 17.8 Å². The third-order valence-corrected chi connectivity index (χ3v) is 3.68. The number of benzene rings is 2. The molecule has 2 N–H and O–H groups in total. The molecule has 0 spiro atoms. The monoisotopic (exact) mass is 340 g/mol. The fraction of sp³-hybridized carbons (Fsp3) is 0.300. The Balaban J connectivity index is 1.89. The van der Waals surface area contributed by atoms with E-state index in [1.165, 1.54) is 0 Å². The zero-order chi connectivity index (χ0) is 18.1. The SMILES string of the molecule is CCCCNC(=O)c1cccc(NC(=O)COc2ccccc2C)c1. The molecule has 0 saturated carbocycles. The van der Waals surface area contributed by atoms with Gasteiger partial charge in [0.2, 0.25) is 0 Å². The van der Waals surface area contributed by atoms with Gasteiger partial charge in [-0.3, -0.25) is 9.59 Å². The molecule has 25 heavy (non-hydrogen) atoms. The van der Waals surface area contributed by atoms with Crippen molar-refractivity contribution in [1.29, 1.82) is 0 Å². The van der Waals surface area contributed by atoms with Crippen LogP contribution in [0.3, 0.4) is 0 Å². The number of anilines is 1. The van der Waals surface area contributed by atoms with Crippen molar-refractivity contribution in [2.45, 2.75) is 26.7 Å². The van der Waals surface area contributed by atoms with Crippen LogP contribution in [0.15, 0.2) is 48.5 Å². The number of rotatable bonds is 8. The quantitative estimate of drug-likeness (QED) is 0.722. The molecule has 0 atom stereocenters. The molecule has 0 unspecified atom stereocenters. The van der Waals surface area contributed by atoms with E-state index in [2.05, 4.69) is 17.6 Å². The van der Waals surface area contributed by atoms with E-state index < -0.39 is 0 Å². The Morgan fingerprint density at radius 1 is 1.08 bits per heavy atom. The van der Waals surface area contributed by atoms with E-state index in [-0.39, 0.29) is 18.4 Å². The summed E-state index contributed by atoms with van der Waals surface area (Å²) in [7, 11) is 0. The van der Waals surface area contributed by atoms with Gasteiger partial charge in [-0.25, -0.2) is 0 Å². The van der Waals surface area contributed by atoms with E-state index in [9.17, 15) is 9.59 Å². The largest absolute Gasteiger partial charge is 0.483 e. The third kappa shape index (κ3) is 5.95. The summed E-state index contributed by atoms with van der Waals surface area (Å²) in [6.07, 6.45) is 1.97. The molecule has 0 aliphatic carbocycles.